The molecule has 5 fully saturated rings. The monoisotopic (exact) mass is 458 g/mol. The summed E-state index contributed by atoms with van der Waals surface area (Å²) in [5.74, 6) is 3.78. The Labute approximate surface area is 190 Å². The minimum Gasteiger partial charge on any atom is -0.390 e. The van der Waals surface area contributed by atoms with Crippen molar-refractivity contribution in [3.63, 3.8) is 0 Å². The average molecular weight is 459 g/mol. The van der Waals surface area contributed by atoms with Crippen LogP contribution in [-0.2, 0) is 4.74 Å². The summed E-state index contributed by atoms with van der Waals surface area (Å²) in [6.07, 6.45) is 0.518. The second kappa shape index (κ2) is 7.34. The number of fused-ring (bicyclic) bond motifs is 7. The smallest absolute Gasteiger partial charge is 0.390 e. The minimum absolute atomic E-state index is 0.0388. The number of methoxy groups -OCH3 is 1. The Morgan fingerprint density at radius 3 is 2.38 bits per heavy atom. The molecule has 0 spiro atoms. The predicted octanol–water partition coefficient (Wildman–Crippen LogP) is 5.44. The lowest BCUT2D eigenvalue weighted by Gasteiger charge is -2.63. The summed E-state index contributed by atoms with van der Waals surface area (Å²) in [4.78, 5) is 0. The van der Waals surface area contributed by atoms with Gasteiger partial charge in [-0.15, -0.1) is 0 Å². The van der Waals surface area contributed by atoms with E-state index in [2.05, 4.69) is 20.8 Å². The summed E-state index contributed by atoms with van der Waals surface area (Å²) < 4.78 is 46.0. The standard InChI is InChI=1S/C26H41F3O3/c1-14(20(30)13-32-4)21-17-11-18(17)22-16-6-5-15-12-25(31,26(27,28)29)10-9-23(15,2)19(16)7-8-24(21,22)3/h14-22,30-31H,5-13H2,1-4H3/t14-,15-,16-,17+,18-,19+,20-,21+,22-,23+,24-,25-/m1/s1. The van der Waals surface area contributed by atoms with Crippen molar-refractivity contribution >= 4 is 0 Å². The molecule has 0 aliphatic heterocycles. The molecule has 0 radical (unpaired) electrons. The lowest BCUT2D eigenvalue weighted by Crippen LogP contribution is -2.59. The number of hydrogen-bond donors (Lipinski definition) is 2. The maximum Gasteiger partial charge on any atom is 0.417 e. The van der Waals surface area contributed by atoms with E-state index in [1.54, 1.807) is 7.11 Å². The minimum atomic E-state index is -4.53. The van der Waals surface area contributed by atoms with Crippen LogP contribution >= 0.6 is 0 Å². The molecule has 0 saturated heterocycles. The molecule has 0 bridgehead atoms. The molecule has 0 aromatic rings. The van der Waals surface area contributed by atoms with E-state index in [1.807, 2.05) is 0 Å². The highest BCUT2D eigenvalue weighted by atomic mass is 19.4. The summed E-state index contributed by atoms with van der Waals surface area (Å²) in [5, 5.41) is 21.2. The molecular weight excluding hydrogens is 417 g/mol. The number of ether oxygens (including phenoxy) is 1. The van der Waals surface area contributed by atoms with Gasteiger partial charge in [0.15, 0.2) is 5.60 Å². The van der Waals surface area contributed by atoms with Gasteiger partial charge in [0.2, 0.25) is 0 Å². The number of rotatable bonds is 4. The molecule has 5 aliphatic carbocycles. The molecule has 0 aromatic carbocycles. The topological polar surface area (TPSA) is 49.7 Å². The molecule has 0 unspecified atom stereocenters. The van der Waals surface area contributed by atoms with Gasteiger partial charge in [0.25, 0.3) is 0 Å². The van der Waals surface area contributed by atoms with Crippen LogP contribution in [-0.4, -0.2) is 41.8 Å². The molecule has 3 nitrogen and oxygen atoms in total. The first-order valence-electron chi connectivity index (χ1n) is 12.8. The van der Waals surface area contributed by atoms with Crippen molar-refractivity contribution < 1.29 is 28.1 Å². The number of hydrogen-bond acceptors (Lipinski definition) is 3. The molecule has 5 aliphatic rings. The van der Waals surface area contributed by atoms with Gasteiger partial charge < -0.3 is 14.9 Å². The summed E-state index contributed by atoms with van der Waals surface area (Å²) in [6.45, 7) is 7.28. The normalized spacial score (nSPS) is 54.1. The van der Waals surface area contributed by atoms with Crippen LogP contribution < -0.4 is 0 Å². The first kappa shape index (κ1) is 23.4. The van der Waals surface area contributed by atoms with E-state index in [-0.39, 0.29) is 35.5 Å². The number of halogens is 3. The summed E-state index contributed by atoms with van der Waals surface area (Å²) in [6, 6.07) is 0. The molecule has 2 N–H and O–H groups in total. The largest absolute Gasteiger partial charge is 0.417 e. The van der Waals surface area contributed by atoms with E-state index in [9.17, 15) is 23.4 Å². The van der Waals surface area contributed by atoms with Gasteiger partial charge in [0.1, 0.15) is 0 Å². The van der Waals surface area contributed by atoms with Gasteiger partial charge in [0, 0.05) is 7.11 Å². The third-order valence-corrected chi connectivity index (χ3v) is 11.6. The van der Waals surface area contributed by atoms with Gasteiger partial charge in [-0.05, 0) is 110 Å². The fourth-order valence-electron chi connectivity index (χ4n) is 10.1. The third kappa shape index (κ3) is 3.10. The first-order chi connectivity index (χ1) is 14.9. The quantitative estimate of drug-likeness (QED) is 0.590. The van der Waals surface area contributed by atoms with E-state index in [0.29, 0.717) is 42.6 Å². The van der Waals surface area contributed by atoms with Crippen LogP contribution in [0.15, 0.2) is 0 Å². The fourth-order valence-corrected chi connectivity index (χ4v) is 10.1. The Morgan fingerprint density at radius 2 is 1.72 bits per heavy atom. The van der Waals surface area contributed by atoms with Crippen LogP contribution in [0.5, 0.6) is 0 Å². The Bertz CT molecular complexity index is 742. The maximum atomic E-state index is 13.6. The highest BCUT2D eigenvalue weighted by Crippen LogP contribution is 2.77. The predicted molar refractivity (Wildman–Crippen MR) is 116 cm³/mol. The van der Waals surface area contributed by atoms with Crippen molar-refractivity contribution in [1.29, 1.82) is 0 Å². The molecule has 184 valence electrons. The van der Waals surface area contributed by atoms with Crippen LogP contribution in [0, 0.1) is 58.2 Å². The average Bonchev–Trinajstić information content (AvgIpc) is 3.41. The van der Waals surface area contributed by atoms with Gasteiger partial charge in [-0.2, -0.15) is 13.2 Å². The Hall–Kier alpha value is -0.330. The van der Waals surface area contributed by atoms with E-state index in [0.717, 1.165) is 31.6 Å². The fraction of sp³-hybridized carbons (Fsp3) is 1.00. The number of aliphatic hydroxyl groups excluding tert-OH is 1. The maximum absolute atomic E-state index is 13.6. The zero-order valence-corrected chi connectivity index (χ0v) is 20.0. The summed E-state index contributed by atoms with van der Waals surface area (Å²) in [7, 11) is 1.64. The van der Waals surface area contributed by atoms with Crippen LogP contribution in [0.2, 0.25) is 0 Å². The number of aliphatic hydroxyl groups is 2. The van der Waals surface area contributed by atoms with Crippen LogP contribution in [0.25, 0.3) is 0 Å². The van der Waals surface area contributed by atoms with Gasteiger partial charge in [0.05, 0.1) is 12.7 Å². The highest BCUT2D eigenvalue weighted by molar-refractivity contribution is 5.19. The van der Waals surface area contributed by atoms with Crippen molar-refractivity contribution in [3.05, 3.63) is 0 Å². The van der Waals surface area contributed by atoms with Crippen LogP contribution in [0.1, 0.15) is 72.1 Å². The summed E-state index contributed by atoms with van der Waals surface area (Å²) >= 11 is 0. The van der Waals surface area contributed by atoms with E-state index < -0.39 is 17.9 Å². The Kier molecular flexibility index (Phi) is 5.37. The zero-order chi connectivity index (χ0) is 23.3. The Morgan fingerprint density at radius 1 is 1.00 bits per heavy atom. The molecule has 0 aromatic heterocycles. The second-order valence-electron chi connectivity index (χ2n) is 12.8. The molecule has 0 heterocycles. The van der Waals surface area contributed by atoms with E-state index in [1.165, 1.54) is 6.42 Å². The van der Waals surface area contributed by atoms with Crippen LogP contribution in [0.3, 0.4) is 0 Å². The van der Waals surface area contributed by atoms with E-state index >= 15 is 0 Å². The van der Waals surface area contributed by atoms with Crippen LogP contribution in [0.4, 0.5) is 13.2 Å². The third-order valence-electron chi connectivity index (χ3n) is 11.6. The van der Waals surface area contributed by atoms with Gasteiger partial charge >= 0.3 is 6.18 Å². The van der Waals surface area contributed by atoms with Crippen molar-refractivity contribution in [2.24, 2.45) is 58.2 Å². The SMILES string of the molecule is COC[C@@H](O)[C@@H](C)[C@H]1[C@H]2C[C@H]2[C@H]2[C@@H]3CC[C@@H]4C[C@@](O)(C(F)(F)F)CC[C@]4(C)[C@H]3CC[C@@]21C. The molecule has 0 amide bonds. The molecule has 5 rings (SSSR count). The van der Waals surface area contributed by atoms with Crippen molar-refractivity contribution in [2.45, 2.75) is 90.0 Å². The van der Waals surface area contributed by atoms with Gasteiger partial charge in [-0.1, -0.05) is 20.8 Å². The zero-order valence-electron chi connectivity index (χ0n) is 20.0. The Balaban J connectivity index is 1.39. The van der Waals surface area contributed by atoms with Crippen molar-refractivity contribution in [3.8, 4) is 0 Å². The molecule has 32 heavy (non-hydrogen) atoms. The van der Waals surface area contributed by atoms with Gasteiger partial charge in [-0.25, -0.2) is 0 Å². The molecule has 12 atom stereocenters. The molecule has 6 heteroatoms. The molecule has 5 saturated carbocycles. The first-order valence-corrected chi connectivity index (χ1v) is 12.8. The number of alkyl halides is 3. The van der Waals surface area contributed by atoms with Crippen molar-refractivity contribution in [2.75, 3.05) is 13.7 Å². The molecular formula is C26H41F3O3. The van der Waals surface area contributed by atoms with E-state index in [4.69, 9.17) is 4.74 Å². The second-order valence-corrected chi connectivity index (χ2v) is 12.8. The van der Waals surface area contributed by atoms with Crippen molar-refractivity contribution in [1.82, 2.24) is 0 Å². The summed E-state index contributed by atoms with van der Waals surface area (Å²) in [5.41, 5.74) is -2.38. The lowest BCUT2D eigenvalue weighted by molar-refractivity contribution is -0.290. The lowest BCUT2D eigenvalue weighted by atomic mass is 9.43. The van der Waals surface area contributed by atoms with Gasteiger partial charge in [-0.3, -0.25) is 0 Å². The highest BCUT2D eigenvalue weighted by Gasteiger charge is 2.72.